The van der Waals surface area contributed by atoms with E-state index in [2.05, 4.69) is 54.1 Å². The van der Waals surface area contributed by atoms with Gasteiger partial charge in [-0.25, -0.2) is 4.79 Å². The number of carboxylic acid groups (broad SMARTS) is 1. The minimum absolute atomic E-state index is 0.0508. The average Bonchev–Trinajstić information content (AvgIpc) is 3.86. The van der Waals surface area contributed by atoms with Crippen molar-refractivity contribution in [1.29, 1.82) is 0 Å². The van der Waals surface area contributed by atoms with Crippen LogP contribution >= 0.6 is 0 Å². The van der Waals surface area contributed by atoms with Gasteiger partial charge in [0.25, 0.3) is 10.9 Å². The molecule has 0 radical (unpaired) electrons. The normalized spacial score (nSPS) is 21.0. The van der Waals surface area contributed by atoms with Gasteiger partial charge in [-0.15, -0.1) is 0 Å². The largest absolute Gasteiger partial charge is 0.465 e. The molecule has 2 N–H and O–H groups in total. The number of hydrogen-bond donors (Lipinski definition) is 2. The summed E-state index contributed by atoms with van der Waals surface area (Å²) < 4.78 is 6.57. The van der Waals surface area contributed by atoms with E-state index in [0.717, 1.165) is 63.6 Å². The number of nitrogens with one attached hydrogen (secondary N) is 1. The van der Waals surface area contributed by atoms with Crippen molar-refractivity contribution in [2.45, 2.75) is 108 Å². The molecule has 2 unspecified atom stereocenters. The lowest BCUT2D eigenvalue weighted by Gasteiger charge is -2.40. The number of benzene rings is 1. The Morgan fingerprint density at radius 3 is 2.40 bits per heavy atom. The first-order valence-corrected chi connectivity index (χ1v) is 21.3. The molecule has 9 heteroatoms. The van der Waals surface area contributed by atoms with Crippen LogP contribution in [-0.4, -0.2) is 63.0 Å². The highest BCUT2D eigenvalue weighted by molar-refractivity contribution is 6.76. The fraction of sp³-hybridized carbons (Fsp3) is 0.694. The maximum Gasteiger partial charge on any atom is 0.407 e. The van der Waals surface area contributed by atoms with E-state index in [0.29, 0.717) is 36.9 Å². The summed E-state index contributed by atoms with van der Waals surface area (Å²) in [6.07, 6.45) is 11.4. The second-order valence-corrected chi connectivity index (χ2v) is 20.9. The smallest absolute Gasteiger partial charge is 0.407 e. The standard InChI is InChI=1S/C36H55N3O5Si/c1-45(2,3)22-20-39(36(42)43)25-30(23-27-11-6-4-7-12-27)37-31-32(34(41)33(31)40)38-19-10-15-29(24-38)35(28-13-8-5-9-14-28)44-21-18-26-16-17-26/h5,8-9,13-14,26-27,29-30,35,37H,4,6-7,10-12,15-25H2,1-3H3,(H,42,43)/t29?,30-,35?/m0/s1. The zero-order valence-electron chi connectivity index (χ0n) is 27.8. The Morgan fingerprint density at radius 1 is 1.00 bits per heavy atom. The summed E-state index contributed by atoms with van der Waals surface area (Å²) in [5, 5.41) is 13.6. The van der Waals surface area contributed by atoms with E-state index < -0.39 is 25.0 Å². The molecule has 0 aromatic heterocycles. The van der Waals surface area contributed by atoms with E-state index in [1.807, 2.05) is 6.07 Å². The van der Waals surface area contributed by atoms with Crippen LogP contribution in [0.1, 0.15) is 82.3 Å². The van der Waals surface area contributed by atoms with Gasteiger partial charge in [0.05, 0.1) is 6.10 Å². The molecule has 2 aromatic rings. The Bertz CT molecular complexity index is 1310. The first-order valence-electron chi connectivity index (χ1n) is 17.6. The van der Waals surface area contributed by atoms with Gasteiger partial charge in [0, 0.05) is 52.8 Å². The Hall–Kier alpha value is -2.65. The van der Waals surface area contributed by atoms with Gasteiger partial charge in [-0.3, -0.25) is 9.59 Å². The lowest BCUT2D eigenvalue weighted by molar-refractivity contribution is 0.00303. The lowest BCUT2D eigenvalue weighted by Crippen LogP contribution is -2.49. The summed E-state index contributed by atoms with van der Waals surface area (Å²) in [5.74, 6) is 1.51. The molecule has 3 atom stereocenters. The molecule has 1 aliphatic heterocycles. The summed E-state index contributed by atoms with van der Waals surface area (Å²) in [6, 6.07) is 11.1. The van der Waals surface area contributed by atoms with Crippen molar-refractivity contribution < 1.29 is 14.6 Å². The predicted molar refractivity (Wildman–Crippen MR) is 185 cm³/mol. The van der Waals surface area contributed by atoms with E-state index in [1.165, 1.54) is 42.6 Å². The quantitative estimate of drug-likeness (QED) is 0.149. The third kappa shape index (κ3) is 9.44. The van der Waals surface area contributed by atoms with E-state index in [1.54, 1.807) is 0 Å². The summed E-state index contributed by atoms with van der Waals surface area (Å²) >= 11 is 0. The lowest BCUT2D eigenvalue weighted by atomic mass is 9.84. The predicted octanol–water partition coefficient (Wildman–Crippen LogP) is 7.13. The zero-order valence-corrected chi connectivity index (χ0v) is 28.8. The fourth-order valence-corrected chi connectivity index (χ4v) is 8.34. The molecule has 45 heavy (non-hydrogen) atoms. The number of ether oxygens (including phenoxy) is 1. The molecule has 2 saturated carbocycles. The van der Waals surface area contributed by atoms with Crippen LogP contribution in [0.3, 0.4) is 0 Å². The average molecular weight is 638 g/mol. The Morgan fingerprint density at radius 2 is 1.73 bits per heavy atom. The Kier molecular flexibility index (Phi) is 11.5. The third-order valence-corrected chi connectivity index (χ3v) is 12.0. The molecule has 1 saturated heterocycles. The molecular weight excluding hydrogens is 582 g/mol. The van der Waals surface area contributed by atoms with Gasteiger partial charge < -0.3 is 25.0 Å². The number of hydrogen-bond acceptors (Lipinski definition) is 6. The molecule has 5 rings (SSSR count). The monoisotopic (exact) mass is 637 g/mol. The number of amides is 1. The van der Waals surface area contributed by atoms with Crippen molar-refractivity contribution in [3.05, 3.63) is 56.3 Å². The number of carbonyl (C=O) groups is 1. The molecule has 1 heterocycles. The number of piperidine rings is 1. The van der Waals surface area contributed by atoms with Crippen LogP contribution in [0.25, 0.3) is 0 Å². The van der Waals surface area contributed by atoms with Crippen LogP contribution < -0.4 is 21.1 Å². The van der Waals surface area contributed by atoms with Gasteiger partial charge in [-0.05, 0) is 49.1 Å². The molecular formula is C36H55N3O5Si. The van der Waals surface area contributed by atoms with E-state index in [4.69, 9.17) is 4.74 Å². The molecule has 248 valence electrons. The molecule has 8 nitrogen and oxygen atoms in total. The summed E-state index contributed by atoms with van der Waals surface area (Å²) in [7, 11) is -1.44. The number of nitrogens with zero attached hydrogens (tertiary/aromatic N) is 2. The summed E-state index contributed by atoms with van der Waals surface area (Å²) in [5.41, 5.74) is 1.16. The highest BCUT2D eigenvalue weighted by Gasteiger charge is 2.36. The Labute approximate surface area is 270 Å². The van der Waals surface area contributed by atoms with Crippen LogP contribution in [0.5, 0.6) is 0 Å². The maximum absolute atomic E-state index is 13.2. The molecule has 3 fully saturated rings. The van der Waals surface area contributed by atoms with E-state index >= 15 is 0 Å². The third-order valence-electron chi connectivity index (χ3n) is 10.3. The highest BCUT2D eigenvalue weighted by atomic mass is 28.3. The van der Waals surface area contributed by atoms with Crippen LogP contribution in [0.2, 0.25) is 25.7 Å². The van der Waals surface area contributed by atoms with Gasteiger partial charge in [-0.2, -0.15) is 0 Å². The second kappa shape index (κ2) is 15.3. The SMILES string of the molecule is C[Si](C)(C)CCN(C[C@H](CC1CCCCC1)Nc1c(N2CCCC(C(OCCC3CC3)c3ccccc3)C2)c(=O)c1=O)C(=O)O. The second-order valence-electron chi connectivity index (χ2n) is 15.3. The van der Waals surface area contributed by atoms with Gasteiger partial charge in [0.2, 0.25) is 0 Å². The Balaban J connectivity index is 1.33. The summed E-state index contributed by atoms with van der Waals surface area (Å²) in [6.45, 7) is 9.73. The molecule has 1 amide bonds. The number of anilines is 2. The van der Waals surface area contributed by atoms with E-state index in [-0.39, 0.29) is 18.1 Å². The van der Waals surface area contributed by atoms with Gasteiger partial charge in [0.1, 0.15) is 11.4 Å². The molecule has 0 spiro atoms. The highest BCUT2D eigenvalue weighted by Crippen LogP contribution is 2.38. The van der Waals surface area contributed by atoms with Crippen LogP contribution in [0.15, 0.2) is 39.9 Å². The van der Waals surface area contributed by atoms with Gasteiger partial charge >= 0.3 is 6.09 Å². The van der Waals surface area contributed by atoms with Gasteiger partial charge in [0.15, 0.2) is 0 Å². The minimum Gasteiger partial charge on any atom is -0.465 e. The van der Waals surface area contributed by atoms with Gasteiger partial charge in [-0.1, -0.05) is 94.9 Å². The number of rotatable bonds is 16. The minimum atomic E-state index is -1.44. The van der Waals surface area contributed by atoms with Crippen LogP contribution in [0.4, 0.5) is 16.2 Å². The molecule has 0 bridgehead atoms. The van der Waals surface area contributed by atoms with E-state index in [9.17, 15) is 19.5 Å². The first kappa shape index (κ1) is 33.7. The zero-order chi connectivity index (χ0) is 32.0. The maximum atomic E-state index is 13.2. The van der Waals surface area contributed by atoms with Crippen LogP contribution in [-0.2, 0) is 4.74 Å². The van der Waals surface area contributed by atoms with Crippen molar-refractivity contribution in [3.8, 4) is 0 Å². The first-order chi connectivity index (χ1) is 21.6. The topological polar surface area (TPSA) is 99.2 Å². The summed E-state index contributed by atoms with van der Waals surface area (Å²) in [4.78, 5) is 42.3. The molecule has 2 aromatic carbocycles. The van der Waals surface area contributed by atoms with Crippen molar-refractivity contribution in [1.82, 2.24) is 4.90 Å². The fourth-order valence-electron chi connectivity index (χ4n) is 7.40. The molecule has 2 aliphatic carbocycles. The van der Waals surface area contributed by atoms with Crippen LogP contribution in [0, 0.1) is 17.8 Å². The van der Waals surface area contributed by atoms with Crippen molar-refractivity contribution in [2.75, 3.05) is 43.0 Å². The molecule has 3 aliphatic rings. The van der Waals surface area contributed by atoms with Crippen molar-refractivity contribution >= 4 is 25.5 Å². The van der Waals surface area contributed by atoms with Crippen molar-refractivity contribution in [3.63, 3.8) is 0 Å². The van der Waals surface area contributed by atoms with Crippen molar-refractivity contribution in [2.24, 2.45) is 17.8 Å².